The lowest BCUT2D eigenvalue weighted by Crippen LogP contribution is -2.16. The summed E-state index contributed by atoms with van der Waals surface area (Å²) in [5.41, 5.74) is 0.408. The predicted octanol–water partition coefficient (Wildman–Crippen LogP) is 5.16. The minimum Gasteiger partial charge on any atom is -0.319 e. The average Bonchev–Trinajstić information content (AvgIpc) is 3.14. The van der Waals surface area contributed by atoms with E-state index in [9.17, 15) is 22.4 Å². The number of fused-ring (bicyclic) bond motifs is 1. The van der Waals surface area contributed by atoms with Gasteiger partial charge in [0.05, 0.1) is 10.7 Å². The number of aromatic nitrogens is 4. The first-order valence-corrected chi connectivity index (χ1v) is 9.18. The summed E-state index contributed by atoms with van der Waals surface area (Å²) < 4.78 is 54.7. The van der Waals surface area contributed by atoms with Crippen LogP contribution in [-0.4, -0.2) is 25.5 Å². The molecule has 31 heavy (non-hydrogen) atoms. The van der Waals surface area contributed by atoms with E-state index in [1.54, 1.807) is 24.3 Å². The molecule has 1 amide bonds. The van der Waals surface area contributed by atoms with Crippen molar-refractivity contribution in [3.05, 3.63) is 76.5 Å². The topological polar surface area (TPSA) is 72.2 Å². The number of amides is 1. The van der Waals surface area contributed by atoms with Gasteiger partial charge in [-0.05, 0) is 31.2 Å². The molecule has 0 bridgehead atoms. The molecule has 0 unspecified atom stereocenters. The fourth-order valence-electron chi connectivity index (χ4n) is 2.80. The molecule has 0 aliphatic heterocycles. The number of carbonyl (C=O) groups excluding carboxylic acids is 1. The summed E-state index contributed by atoms with van der Waals surface area (Å²) in [7, 11) is 0. The second-order valence-corrected chi connectivity index (χ2v) is 7.03. The molecule has 0 spiro atoms. The van der Waals surface area contributed by atoms with Crippen molar-refractivity contribution < 1.29 is 22.4 Å². The molecule has 0 atom stereocenters. The Morgan fingerprint density at radius 3 is 2.42 bits per heavy atom. The molecule has 2 aromatic carbocycles. The summed E-state index contributed by atoms with van der Waals surface area (Å²) in [4.78, 5) is 20.4. The van der Waals surface area contributed by atoms with Crippen LogP contribution < -0.4 is 5.32 Å². The van der Waals surface area contributed by atoms with Gasteiger partial charge < -0.3 is 5.32 Å². The molecule has 2 aromatic heterocycles. The first-order valence-electron chi connectivity index (χ1n) is 8.80. The van der Waals surface area contributed by atoms with E-state index in [1.807, 2.05) is 6.92 Å². The summed E-state index contributed by atoms with van der Waals surface area (Å²) in [6.45, 7) is 1.85. The Morgan fingerprint density at radius 1 is 1.06 bits per heavy atom. The Hall–Kier alpha value is -3.53. The number of hydrogen-bond acceptors (Lipinski definition) is 4. The minimum absolute atomic E-state index is 0.0319. The molecule has 2 heterocycles. The summed E-state index contributed by atoms with van der Waals surface area (Å²) in [6, 6.07) is 11.0. The van der Waals surface area contributed by atoms with Crippen molar-refractivity contribution in [1.82, 2.24) is 19.6 Å². The molecule has 11 heteroatoms. The molecule has 6 nitrogen and oxygen atoms in total. The van der Waals surface area contributed by atoms with E-state index < -0.39 is 35.2 Å². The van der Waals surface area contributed by atoms with Crippen molar-refractivity contribution in [2.75, 3.05) is 5.32 Å². The van der Waals surface area contributed by atoms with Crippen molar-refractivity contribution in [3.63, 3.8) is 0 Å². The van der Waals surface area contributed by atoms with E-state index in [4.69, 9.17) is 11.6 Å². The molecule has 0 aliphatic carbocycles. The van der Waals surface area contributed by atoms with Gasteiger partial charge in [0.25, 0.3) is 11.7 Å². The highest BCUT2D eigenvalue weighted by Crippen LogP contribution is 2.32. The van der Waals surface area contributed by atoms with Gasteiger partial charge in [0.1, 0.15) is 5.82 Å². The lowest BCUT2D eigenvalue weighted by molar-refractivity contribution is -0.142. The maximum atomic E-state index is 13.7. The third-order valence-electron chi connectivity index (χ3n) is 4.33. The maximum Gasteiger partial charge on any atom is 0.433 e. The molecular formula is C20H12ClF4N5O. The Bertz CT molecular complexity index is 1300. The van der Waals surface area contributed by atoms with E-state index in [-0.39, 0.29) is 16.4 Å². The number of nitrogens with one attached hydrogen (secondary N) is 1. The van der Waals surface area contributed by atoms with Crippen molar-refractivity contribution in [1.29, 1.82) is 0 Å². The van der Waals surface area contributed by atoms with Crippen LogP contribution in [0.5, 0.6) is 0 Å². The third-order valence-corrected chi connectivity index (χ3v) is 4.62. The van der Waals surface area contributed by atoms with Gasteiger partial charge in [-0.3, -0.25) is 4.79 Å². The first kappa shape index (κ1) is 20.7. The minimum atomic E-state index is -4.77. The highest BCUT2D eigenvalue weighted by Gasteiger charge is 2.36. The van der Waals surface area contributed by atoms with E-state index in [1.165, 1.54) is 6.07 Å². The van der Waals surface area contributed by atoms with E-state index in [0.717, 1.165) is 23.8 Å². The highest BCUT2D eigenvalue weighted by molar-refractivity contribution is 6.31. The number of alkyl halides is 3. The zero-order valence-corrected chi connectivity index (χ0v) is 16.5. The quantitative estimate of drug-likeness (QED) is 0.438. The summed E-state index contributed by atoms with van der Waals surface area (Å²) in [5, 5.41) is 5.80. The first-order chi connectivity index (χ1) is 14.6. The van der Waals surface area contributed by atoms with Crippen LogP contribution in [0.3, 0.4) is 0 Å². The molecule has 0 fully saturated rings. The Balaban J connectivity index is 1.77. The number of benzene rings is 2. The van der Waals surface area contributed by atoms with Crippen LogP contribution in [0.4, 0.5) is 23.2 Å². The largest absolute Gasteiger partial charge is 0.433 e. The van der Waals surface area contributed by atoms with Crippen molar-refractivity contribution in [3.8, 4) is 11.3 Å². The van der Waals surface area contributed by atoms with Gasteiger partial charge in [-0.25, -0.2) is 9.37 Å². The van der Waals surface area contributed by atoms with Gasteiger partial charge in [-0.2, -0.15) is 22.7 Å². The van der Waals surface area contributed by atoms with Crippen LogP contribution in [0.25, 0.3) is 17.0 Å². The monoisotopic (exact) mass is 449 g/mol. The third kappa shape index (κ3) is 4.19. The molecule has 4 aromatic rings. The smallest absolute Gasteiger partial charge is 0.319 e. The fraction of sp³-hybridized carbons (Fsp3) is 0.100. The van der Waals surface area contributed by atoms with Crippen molar-refractivity contribution in [2.24, 2.45) is 0 Å². The summed E-state index contributed by atoms with van der Waals surface area (Å²) >= 11 is 5.67. The number of hydrogen-bond donors (Lipinski definition) is 1. The van der Waals surface area contributed by atoms with Crippen LogP contribution in [0, 0.1) is 12.7 Å². The molecule has 0 radical (unpaired) electrons. The number of rotatable bonds is 3. The van der Waals surface area contributed by atoms with E-state index >= 15 is 0 Å². The average molecular weight is 450 g/mol. The lowest BCUT2D eigenvalue weighted by atomic mass is 10.1. The van der Waals surface area contributed by atoms with Crippen LogP contribution in [0.1, 0.15) is 21.9 Å². The van der Waals surface area contributed by atoms with Gasteiger partial charge in [0, 0.05) is 11.3 Å². The van der Waals surface area contributed by atoms with Gasteiger partial charge >= 0.3 is 6.18 Å². The van der Waals surface area contributed by atoms with Crippen molar-refractivity contribution >= 4 is 29.0 Å². The van der Waals surface area contributed by atoms with Crippen LogP contribution >= 0.6 is 11.6 Å². The van der Waals surface area contributed by atoms with Gasteiger partial charge in [-0.1, -0.05) is 41.4 Å². The normalized spacial score (nSPS) is 11.7. The Labute approximate surface area is 177 Å². The van der Waals surface area contributed by atoms with Crippen LogP contribution in [-0.2, 0) is 6.18 Å². The molecule has 158 valence electrons. The number of halogens is 5. The van der Waals surface area contributed by atoms with Crippen LogP contribution in [0.15, 0.2) is 48.5 Å². The summed E-state index contributed by atoms with van der Waals surface area (Å²) in [5.74, 6) is -2.53. The van der Waals surface area contributed by atoms with Crippen LogP contribution in [0.2, 0.25) is 5.02 Å². The van der Waals surface area contributed by atoms with Gasteiger partial charge in [-0.15, -0.1) is 5.10 Å². The number of anilines is 1. The van der Waals surface area contributed by atoms with Gasteiger partial charge in [0.15, 0.2) is 5.69 Å². The number of aryl methyl sites for hydroxylation is 1. The van der Waals surface area contributed by atoms with E-state index in [2.05, 4.69) is 20.4 Å². The zero-order chi connectivity index (χ0) is 22.3. The Morgan fingerprint density at radius 2 is 1.77 bits per heavy atom. The maximum absolute atomic E-state index is 13.7. The molecular weight excluding hydrogens is 438 g/mol. The second-order valence-electron chi connectivity index (χ2n) is 6.62. The lowest BCUT2D eigenvalue weighted by Gasteiger charge is -2.10. The van der Waals surface area contributed by atoms with Gasteiger partial charge in [0.2, 0.25) is 5.82 Å². The van der Waals surface area contributed by atoms with Crippen molar-refractivity contribution in [2.45, 2.75) is 13.1 Å². The SMILES string of the molecule is Cc1ccc(-c2cc(C(F)(F)F)n3nc(C(=O)Nc4ccc(F)c(Cl)c4)nc3n2)cc1. The zero-order valence-electron chi connectivity index (χ0n) is 15.7. The second kappa shape index (κ2) is 7.62. The Kier molecular flexibility index (Phi) is 5.10. The molecule has 1 N–H and O–H groups in total. The molecule has 0 saturated heterocycles. The molecule has 4 rings (SSSR count). The standard InChI is InChI=1S/C20H12ClF4N5O/c1-10-2-4-11(5-3-10)15-9-16(20(23,24)25)30-19(27-15)28-17(29-30)18(31)26-12-6-7-14(22)13(21)8-12/h2-9H,1H3,(H,26,31). The fourth-order valence-corrected chi connectivity index (χ4v) is 2.98. The van der Waals surface area contributed by atoms with E-state index in [0.29, 0.717) is 10.1 Å². The summed E-state index contributed by atoms with van der Waals surface area (Å²) in [6.07, 6.45) is -4.77. The predicted molar refractivity (Wildman–Crippen MR) is 105 cm³/mol. The molecule has 0 saturated carbocycles. The molecule has 0 aliphatic rings. The highest BCUT2D eigenvalue weighted by atomic mass is 35.5. The number of nitrogens with zero attached hydrogens (tertiary/aromatic N) is 4. The number of carbonyl (C=O) groups is 1.